The van der Waals surface area contributed by atoms with Gasteiger partial charge in [0, 0.05) is 18.8 Å². The molecule has 30 heavy (non-hydrogen) atoms. The number of hydrogen-bond acceptors (Lipinski definition) is 7. The third-order valence-corrected chi connectivity index (χ3v) is 4.97. The Morgan fingerprint density at radius 3 is 2.40 bits per heavy atom. The number of nitrogens with zero attached hydrogens (tertiary/aromatic N) is 4. The minimum Gasteiger partial charge on any atom is -0.477 e. The summed E-state index contributed by atoms with van der Waals surface area (Å²) in [6.45, 7) is 4.74. The number of carboxylic acids is 1. The van der Waals surface area contributed by atoms with E-state index in [-0.39, 0.29) is 17.2 Å². The highest BCUT2D eigenvalue weighted by molar-refractivity contribution is 7.93. The maximum absolute atomic E-state index is 12.8. The first kappa shape index (κ1) is 23.1. The van der Waals surface area contributed by atoms with Gasteiger partial charge in [-0.2, -0.15) is 21.6 Å². The quantitative estimate of drug-likeness (QED) is 0.584. The molecular weight excluding hydrogens is 427 g/mol. The number of carbonyl (C=O) groups is 1. The van der Waals surface area contributed by atoms with Crippen LogP contribution in [0.5, 0.6) is 0 Å². The standard InChI is InChI=1S/C17H18F3N5O4S/c1-3-25(4-2)11-8-9-12(14(10-11)24-30(28,29)17(18,19)20)22-23-15-7-5-6-13(21-15)16(26)27/h5-10,24H,3-4H2,1-2H3,(H,26,27). The van der Waals surface area contributed by atoms with Crippen LogP contribution in [0.3, 0.4) is 0 Å². The van der Waals surface area contributed by atoms with Gasteiger partial charge < -0.3 is 10.0 Å². The van der Waals surface area contributed by atoms with E-state index in [2.05, 4.69) is 15.2 Å². The lowest BCUT2D eigenvalue weighted by Gasteiger charge is -2.22. The van der Waals surface area contributed by atoms with Gasteiger partial charge in [0.1, 0.15) is 5.69 Å². The third-order valence-electron chi connectivity index (χ3n) is 3.87. The number of azo groups is 1. The van der Waals surface area contributed by atoms with Crippen molar-refractivity contribution in [1.82, 2.24) is 4.98 Å². The molecule has 1 aromatic carbocycles. The Balaban J connectivity index is 2.50. The largest absolute Gasteiger partial charge is 0.516 e. The Kier molecular flexibility index (Phi) is 6.97. The number of carboxylic acid groups (broad SMARTS) is 1. The maximum Gasteiger partial charge on any atom is 0.516 e. The van der Waals surface area contributed by atoms with Gasteiger partial charge in [0.2, 0.25) is 0 Å². The molecule has 0 spiro atoms. The Bertz CT molecular complexity index is 1050. The third kappa shape index (κ3) is 5.43. The van der Waals surface area contributed by atoms with Crippen molar-refractivity contribution in [1.29, 1.82) is 0 Å². The summed E-state index contributed by atoms with van der Waals surface area (Å²) in [6, 6.07) is 7.98. The molecule has 9 nitrogen and oxygen atoms in total. The van der Waals surface area contributed by atoms with Gasteiger partial charge >= 0.3 is 21.5 Å². The zero-order valence-electron chi connectivity index (χ0n) is 15.9. The molecule has 2 rings (SSSR count). The molecule has 13 heteroatoms. The summed E-state index contributed by atoms with van der Waals surface area (Å²) < 4.78 is 63.2. The Labute approximate surface area is 170 Å². The van der Waals surface area contributed by atoms with E-state index in [9.17, 15) is 26.4 Å². The van der Waals surface area contributed by atoms with Gasteiger partial charge in [-0.25, -0.2) is 9.78 Å². The topological polar surface area (TPSA) is 124 Å². The lowest BCUT2D eigenvalue weighted by molar-refractivity contribution is -0.0429. The molecule has 2 N–H and O–H groups in total. The van der Waals surface area contributed by atoms with Crippen LogP contribution in [0.2, 0.25) is 0 Å². The van der Waals surface area contributed by atoms with Crippen LogP contribution < -0.4 is 9.62 Å². The first-order chi connectivity index (χ1) is 14.0. The molecule has 0 bridgehead atoms. The summed E-state index contributed by atoms with van der Waals surface area (Å²) in [4.78, 5) is 16.5. The van der Waals surface area contributed by atoms with E-state index in [1.165, 1.54) is 35.1 Å². The number of hydrogen-bond donors (Lipinski definition) is 2. The van der Waals surface area contributed by atoms with Crippen LogP contribution in [0.25, 0.3) is 0 Å². The molecule has 1 aromatic heterocycles. The number of halogens is 3. The first-order valence-electron chi connectivity index (χ1n) is 8.58. The van der Waals surface area contributed by atoms with Gasteiger partial charge in [0.25, 0.3) is 0 Å². The fourth-order valence-corrected chi connectivity index (χ4v) is 2.95. The SMILES string of the molecule is CCN(CC)c1ccc(N=Nc2cccc(C(=O)O)n2)c(NS(=O)(=O)C(F)(F)F)c1. The average molecular weight is 445 g/mol. The van der Waals surface area contributed by atoms with Gasteiger partial charge in [-0.1, -0.05) is 6.07 Å². The number of aromatic carboxylic acids is 1. The molecule has 0 radical (unpaired) electrons. The van der Waals surface area contributed by atoms with Crippen molar-refractivity contribution in [3.63, 3.8) is 0 Å². The number of pyridine rings is 1. The second-order valence-corrected chi connectivity index (χ2v) is 7.49. The van der Waals surface area contributed by atoms with Crippen molar-refractivity contribution in [3.8, 4) is 0 Å². The second kappa shape index (κ2) is 9.07. The van der Waals surface area contributed by atoms with Crippen LogP contribution >= 0.6 is 0 Å². The van der Waals surface area contributed by atoms with E-state index in [4.69, 9.17) is 5.11 Å². The lowest BCUT2D eigenvalue weighted by Crippen LogP contribution is -2.30. The molecule has 0 aliphatic rings. The van der Waals surface area contributed by atoms with Gasteiger partial charge in [-0.3, -0.25) is 4.72 Å². The van der Waals surface area contributed by atoms with Crippen molar-refractivity contribution in [2.75, 3.05) is 22.7 Å². The Morgan fingerprint density at radius 1 is 1.17 bits per heavy atom. The van der Waals surface area contributed by atoms with E-state index in [0.29, 0.717) is 18.8 Å². The van der Waals surface area contributed by atoms with Crippen molar-refractivity contribution >= 4 is 38.9 Å². The highest BCUT2D eigenvalue weighted by Crippen LogP contribution is 2.34. The van der Waals surface area contributed by atoms with E-state index in [1.807, 2.05) is 13.8 Å². The molecular formula is C17H18F3N5O4S. The maximum atomic E-state index is 12.8. The number of benzene rings is 1. The highest BCUT2D eigenvalue weighted by Gasteiger charge is 2.46. The fraction of sp³-hybridized carbons (Fsp3) is 0.294. The van der Waals surface area contributed by atoms with Crippen LogP contribution in [0.15, 0.2) is 46.6 Å². The highest BCUT2D eigenvalue weighted by atomic mass is 32.2. The van der Waals surface area contributed by atoms with Crippen molar-refractivity contribution in [2.45, 2.75) is 19.4 Å². The lowest BCUT2D eigenvalue weighted by atomic mass is 10.2. The van der Waals surface area contributed by atoms with E-state index >= 15 is 0 Å². The summed E-state index contributed by atoms with van der Waals surface area (Å²) in [7, 11) is -5.69. The summed E-state index contributed by atoms with van der Waals surface area (Å²) in [5.41, 5.74) is -5.99. The second-order valence-electron chi connectivity index (χ2n) is 5.81. The molecule has 2 aromatic rings. The molecule has 0 fully saturated rings. The molecule has 0 saturated carbocycles. The monoisotopic (exact) mass is 445 g/mol. The number of nitrogens with one attached hydrogen (secondary N) is 1. The van der Waals surface area contributed by atoms with Crippen molar-refractivity contribution in [3.05, 3.63) is 42.1 Å². The Morgan fingerprint density at radius 2 is 1.83 bits per heavy atom. The van der Waals surface area contributed by atoms with Gasteiger partial charge in [0.05, 0.1) is 5.69 Å². The minimum atomic E-state index is -5.69. The summed E-state index contributed by atoms with van der Waals surface area (Å²) in [5.74, 6) is -1.42. The number of anilines is 2. The van der Waals surface area contributed by atoms with E-state index in [1.54, 1.807) is 11.0 Å². The zero-order chi connectivity index (χ0) is 22.5. The molecule has 0 saturated heterocycles. The van der Waals surface area contributed by atoms with Crippen LogP contribution in [0.1, 0.15) is 24.3 Å². The average Bonchev–Trinajstić information content (AvgIpc) is 2.67. The molecule has 1 heterocycles. The van der Waals surface area contributed by atoms with Crippen LogP contribution in [-0.2, 0) is 10.0 Å². The smallest absolute Gasteiger partial charge is 0.477 e. The summed E-state index contributed by atoms with van der Waals surface area (Å²) >= 11 is 0. The number of rotatable bonds is 8. The normalized spacial score (nSPS) is 12.2. The fourth-order valence-electron chi connectivity index (χ4n) is 2.38. The molecule has 0 unspecified atom stereocenters. The number of sulfonamides is 1. The minimum absolute atomic E-state index is 0.118. The summed E-state index contributed by atoms with van der Waals surface area (Å²) in [6.07, 6.45) is 0. The van der Waals surface area contributed by atoms with Crippen LogP contribution in [0, 0.1) is 0 Å². The Hall–Kier alpha value is -3.22. The van der Waals surface area contributed by atoms with E-state index < -0.39 is 27.2 Å². The van der Waals surface area contributed by atoms with Crippen molar-refractivity contribution in [2.24, 2.45) is 10.2 Å². The molecule has 162 valence electrons. The molecule has 0 amide bonds. The molecule has 0 aliphatic heterocycles. The van der Waals surface area contributed by atoms with Crippen LogP contribution in [0.4, 0.5) is 36.1 Å². The van der Waals surface area contributed by atoms with Crippen molar-refractivity contribution < 1.29 is 31.5 Å². The molecule has 0 atom stereocenters. The van der Waals surface area contributed by atoms with E-state index in [0.717, 1.165) is 0 Å². The zero-order valence-corrected chi connectivity index (χ0v) is 16.7. The molecule has 0 aliphatic carbocycles. The van der Waals surface area contributed by atoms with Gasteiger partial charge in [-0.15, -0.1) is 10.2 Å². The summed E-state index contributed by atoms with van der Waals surface area (Å²) in [5, 5.41) is 16.4. The van der Waals surface area contributed by atoms with Crippen LogP contribution in [-0.4, -0.2) is 43.1 Å². The first-order valence-corrected chi connectivity index (χ1v) is 10.1. The number of alkyl halides is 3. The predicted molar refractivity (Wildman–Crippen MR) is 104 cm³/mol. The number of aromatic nitrogens is 1. The van der Waals surface area contributed by atoms with Gasteiger partial charge in [0.15, 0.2) is 11.5 Å². The van der Waals surface area contributed by atoms with Gasteiger partial charge in [-0.05, 0) is 44.2 Å². The predicted octanol–water partition coefficient (Wildman–Crippen LogP) is 4.30.